The molecule has 0 fully saturated rings. The molecule has 0 spiro atoms. The Morgan fingerprint density at radius 3 is 2.68 bits per heavy atom. The van der Waals surface area contributed by atoms with Gasteiger partial charge in [0.2, 0.25) is 5.91 Å². The Morgan fingerprint density at radius 2 is 1.95 bits per heavy atom. The number of likely N-dealkylation sites (N-methyl/N-ethyl adjacent to an activating group) is 1. The second-order valence-electron chi connectivity index (χ2n) is 9.92. The van der Waals surface area contributed by atoms with Gasteiger partial charge in [-0.15, -0.1) is 0 Å². The quantitative estimate of drug-likeness (QED) is 0.407. The molecule has 0 saturated heterocycles. The molecular formula is C27H31N7O3. The monoisotopic (exact) mass is 501 g/mol. The molecule has 37 heavy (non-hydrogen) atoms. The van der Waals surface area contributed by atoms with Gasteiger partial charge in [0.05, 0.1) is 23.7 Å². The summed E-state index contributed by atoms with van der Waals surface area (Å²) in [6.45, 7) is 7.95. The van der Waals surface area contributed by atoms with Crippen LogP contribution in [0.25, 0.3) is 22.6 Å². The van der Waals surface area contributed by atoms with E-state index in [1.54, 1.807) is 31.2 Å². The van der Waals surface area contributed by atoms with Crippen LogP contribution < -0.4 is 10.1 Å². The van der Waals surface area contributed by atoms with Gasteiger partial charge in [-0.05, 0) is 30.0 Å². The topological polar surface area (TPSA) is 111 Å². The highest BCUT2D eigenvalue weighted by Crippen LogP contribution is 2.39. The summed E-state index contributed by atoms with van der Waals surface area (Å²) in [7, 11) is 3.43. The number of hydrogen-bond acceptors (Lipinski definition) is 8. The SMILES string of the molecule is CC(C)C(C)(c1ccc(-c2cnc3c(c2)OCCN3)cc1)c1noc(-c2cnn(CC(=O)N(C)C)c2)n1. The summed E-state index contributed by atoms with van der Waals surface area (Å²) in [6.07, 6.45) is 5.23. The van der Waals surface area contributed by atoms with Crippen molar-refractivity contribution in [1.82, 2.24) is 29.8 Å². The van der Waals surface area contributed by atoms with Crippen molar-refractivity contribution in [1.29, 1.82) is 0 Å². The molecule has 5 rings (SSSR count). The van der Waals surface area contributed by atoms with E-state index in [-0.39, 0.29) is 18.4 Å². The highest BCUT2D eigenvalue weighted by molar-refractivity contribution is 5.75. The highest BCUT2D eigenvalue weighted by atomic mass is 16.5. The molecule has 3 aromatic heterocycles. The zero-order valence-corrected chi connectivity index (χ0v) is 21.7. The van der Waals surface area contributed by atoms with Crippen molar-refractivity contribution >= 4 is 11.7 Å². The number of aromatic nitrogens is 5. The fraction of sp³-hybridized carbons (Fsp3) is 0.370. The number of anilines is 1. The predicted octanol–water partition coefficient (Wildman–Crippen LogP) is 3.85. The molecule has 0 aliphatic carbocycles. The summed E-state index contributed by atoms with van der Waals surface area (Å²) in [6, 6.07) is 10.4. The Bertz CT molecular complexity index is 1410. The number of hydrogen-bond donors (Lipinski definition) is 1. The maximum atomic E-state index is 12.0. The molecule has 1 aliphatic heterocycles. The van der Waals surface area contributed by atoms with Crippen LogP contribution in [-0.4, -0.2) is 63.0 Å². The van der Waals surface area contributed by atoms with E-state index in [0.29, 0.717) is 23.9 Å². The second kappa shape index (κ2) is 9.68. The lowest BCUT2D eigenvalue weighted by Gasteiger charge is -2.31. The van der Waals surface area contributed by atoms with E-state index in [2.05, 4.69) is 65.6 Å². The predicted molar refractivity (Wildman–Crippen MR) is 139 cm³/mol. The molecule has 1 atom stereocenters. The van der Waals surface area contributed by atoms with Gasteiger partial charge in [0.15, 0.2) is 17.4 Å². The Morgan fingerprint density at radius 1 is 1.16 bits per heavy atom. The third-order valence-corrected chi connectivity index (χ3v) is 7.04. The fourth-order valence-corrected chi connectivity index (χ4v) is 4.30. The van der Waals surface area contributed by atoms with Crippen molar-refractivity contribution in [3.8, 4) is 28.3 Å². The van der Waals surface area contributed by atoms with Crippen LogP contribution in [0.5, 0.6) is 5.75 Å². The average molecular weight is 502 g/mol. The van der Waals surface area contributed by atoms with Crippen molar-refractivity contribution in [2.24, 2.45) is 5.92 Å². The minimum absolute atomic E-state index is 0.0490. The van der Waals surface area contributed by atoms with E-state index >= 15 is 0 Å². The van der Waals surface area contributed by atoms with E-state index in [0.717, 1.165) is 34.8 Å². The number of benzene rings is 1. The number of pyridine rings is 1. The third kappa shape index (κ3) is 4.66. The number of nitrogens with zero attached hydrogens (tertiary/aromatic N) is 6. The van der Waals surface area contributed by atoms with E-state index < -0.39 is 5.41 Å². The lowest BCUT2D eigenvalue weighted by molar-refractivity contribution is -0.129. The van der Waals surface area contributed by atoms with Crippen molar-refractivity contribution in [3.05, 3.63) is 60.3 Å². The minimum atomic E-state index is -0.488. The largest absolute Gasteiger partial charge is 0.488 e. The number of carbonyl (C=O) groups excluding carboxylic acids is 1. The molecule has 0 radical (unpaired) electrons. The van der Waals surface area contributed by atoms with Crippen LogP contribution in [0, 0.1) is 5.92 Å². The Balaban J connectivity index is 1.40. The van der Waals surface area contributed by atoms with Crippen LogP contribution in [-0.2, 0) is 16.8 Å². The first-order valence-corrected chi connectivity index (χ1v) is 12.3. The number of rotatable bonds is 7. The van der Waals surface area contributed by atoms with Crippen LogP contribution in [0.15, 0.2) is 53.4 Å². The van der Waals surface area contributed by atoms with Crippen LogP contribution in [0.2, 0.25) is 0 Å². The van der Waals surface area contributed by atoms with Gasteiger partial charge in [-0.2, -0.15) is 10.1 Å². The average Bonchev–Trinajstić information content (AvgIpc) is 3.58. The molecule has 1 amide bonds. The lowest BCUT2D eigenvalue weighted by Crippen LogP contribution is -2.31. The molecule has 10 nitrogen and oxygen atoms in total. The summed E-state index contributed by atoms with van der Waals surface area (Å²) in [5, 5.41) is 11.9. The van der Waals surface area contributed by atoms with Crippen LogP contribution >= 0.6 is 0 Å². The first kappa shape index (κ1) is 24.5. The zero-order chi connectivity index (χ0) is 26.2. The van der Waals surface area contributed by atoms with Gasteiger partial charge in [0, 0.05) is 32.1 Å². The zero-order valence-electron chi connectivity index (χ0n) is 21.7. The van der Waals surface area contributed by atoms with Crippen molar-refractivity contribution < 1.29 is 14.1 Å². The maximum absolute atomic E-state index is 12.0. The molecular weight excluding hydrogens is 470 g/mol. The van der Waals surface area contributed by atoms with Gasteiger partial charge in [-0.25, -0.2) is 4.98 Å². The number of fused-ring (bicyclic) bond motifs is 1. The van der Waals surface area contributed by atoms with Gasteiger partial charge >= 0.3 is 0 Å². The first-order chi connectivity index (χ1) is 17.8. The smallest absolute Gasteiger partial charge is 0.261 e. The number of amides is 1. The molecule has 4 aromatic rings. The number of nitrogens with one attached hydrogen (secondary N) is 1. The summed E-state index contributed by atoms with van der Waals surface area (Å²) in [4.78, 5) is 22.8. The van der Waals surface area contributed by atoms with E-state index in [9.17, 15) is 4.79 Å². The molecule has 1 aromatic carbocycles. The molecule has 1 aliphatic rings. The van der Waals surface area contributed by atoms with Crippen LogP contribution in [0.3, 0.4) is 0 Å². The highest BCUT2D eigenvalue weighted by Gasteiger charge is 2.37. The lowest BCUT2D eigenvalue weighted by atomic mass is 9.72. The maximum Gasteiger partial charge on any atom is 0.261 e. The molecule has 192 valence electrons. The van der Waals surface area contributed by atoms with Crippen molar-refractivity contribution in [2.45, 2.75) is 32.7 Å². The van der Waals surface area contributed by atoms with Crippen molar-refractivity contribution in [3.63, 3.8) is 0 Å². The number of ether oxygens (including phenoxy) is 1. The van der Waals surface area contributed by atoms with E-state index in [4.69, 9.17) is 14.2 Å². The van der Waals surface area contributed by atoms with Crippen molar-refractivity contribution in [2.75, 3.05) is 32.6 Å². The van der Waals surface area contributed by atoms with E-state index in [1.807, 2.05) is 12.3 Å². The van der Waals surface area contributed by atoms with Gasteiger partial charge in [-0.3, -0.25) is 9.48 Å². The Labute approximate surface area is 215 Å². The minimum Gasteiger partial charge on any atom is -0.488 e. The summed E-state index contributed by atoms with van der Waals surface area (Å²) < 4.78 is 13.0. The molecule has 1 N–H and O–H groups in total. The third-order valence-electron chi connectivity index (χ3n) is 7.04. The van der Waals surface area contributed by atoms with Crippen LogP contribution in [0.4, 0.5) is 5.82 Å². The summed E-state index contributed by atoms with van der Waals surface area (Å²) in [5.74, 6) is 2.66. The molecule has 0 bridgehead atoms. The summed E-state index contributed by atoms with van der Waals surface area (Å²) in [5.41, 5.74) is 3.30. The van der Waals surface area contributed by atoms with E-state index in [1.165, 1.54) is 4.90 Å². The second-order valence-corrected chi connectivity index (χ2v) is 9.92. The standard InChI is InChI=1S/C27H31N7O3/c1-17(2)27(3,26-31-25(37-32-26)20-14-30-34(15-20)16-23(35)33(4)5)21-8-6-18(7-9-21)19-12-22-24(29-13-19)28-10-11-36-22/h6-9,12-15,17H,10-11,16H2,1-5H3,(H,28,29). The van der Waals surface area contributed by atoms with Gasteiger partial charge in [0.1, 0.15) is 13.2 Å². The Kier molecular flexibility index (Phi) is 6.41. The van der Waals surface area contributed by atoms with Crippen LogP contribution in [0.1, 0.15) is 32.2 Å². The molecule has 1 unspecified atom stereocenters. The Hall–Kier alpha value is -4.21. The molecule has 4 heterocycles. The normalized spacial score (nSPS) is 14.4. The first-order valence-electron chi connectivity index (χ1n) is 12.3. The molecule has 0 saturated carbocycles. The van der Waals surface area contributed by atoms with Gasteiger partial charge in [0.25, 0.3) is 5.89 Å². The number of carbonyl (C=O) groups is 1. The van der Waals surface area contributed by atoms with Gasteiger partial charge in [-0.1, -0.05) is 43.3 Å². The molecule has 10 heteroatoms. The summed E-state index contributed by atoms with van der Waals surface area (Å²) >= 11 is 0. The van der Waals surface area contributed by atoms with Gasteiger partial charge < -0.3 is 19.5 Å². The fourth-order valence-electron chi connectivity index (χ4n) is 4.30.